The van der Waals surface area contributed by atoms with Crippen LogP contribution in [0.5, 0.6) is 0 Å². The lowest BCUT2D eigenvalue weighted by Gasteiger charge is -2.27. The fourth-order valence-electron chi connectivity index (χ4n) is 8.70. The molecule has 11 rings (SSSR count). The molecule has 0 bridgehead atoms. The Morgan fingerprint density at radius 3 is 0.919 bits per heavy atom. The van der Waals surface area contributed by atoms with Crippen LogP contribution in [0.1, 0.15) is 22.3 Å². The van der Waals surface area contributed by atoms with E-state index in [0.717, 1.165) is 77.2 Å². The molecule has 0 saturated carbocycles. The summed E-state index contributed by atoms with van der Waals surface area (Å²) in [6, 6.07) is 63.6. The highest BCUT2D eigenvalue weighted by Gasteiger charge is 2.24. The molecule has 0 fully saturated rings. The lowest BCUT2D eigenvalue weighted by atomic mass is 9.98. The lowest BCUT2D eigenvalue weighted by Crippen LogP contribution is -2.10. The molecule has 0 aliphatic heterocycles. The molecule has 0 unspecified atom stereocenters. The quantitative estimate of drug-likeness (QED) is 0.163. The molecular formula is C54H28N6O2. The van der Waals surface area contributed by atoms with Crippen molar-refractivity contribution < 1.29 is 8.83 Å². The van der Waals surface area contributed by atoms with Crippen molar-refractivity contribution in [3.63, 3.8) is 0 Å². The third kappa shape index (κ3) is 5.65. The standard InChI is InChI=1S/C54H28N6O2/c55-29-33-9-17-37(18-10-33)59(38-19-11-34(30-56)12-20-38)47-26-51-53(43-7-3-1-5-41(43)47)45-25-46-50(28-49(45)61-51)62-52-27-48(42-6-2-4-8-44(42)54(46)52)60(39-21-13-35(31-57)14-22-39)40-23-15-36(32-58)16-24-40/h1-28H. The van der Waals surface area contributed by atoms with Crippen LogP contribution >= 0.6 is 0 Å². The fourth-order valence-corrected chi connectivity index (χ4v) is 8.70. The van der Waals surface area contributed by atoms with Crippen LogP contribution in [-0.4, -0.2) is 0 Å². The van der Waals surface area contributed by atoms with Gasteiger partial charge in [0.2, 0.25) is 0 Å². The van der Waals surface area contributed by atoms with Gasteiger partial charge in [-0.05, 0) is 114 Å². The first kappa shape index (κ1) is 35.8. The van der Waals surface area contributed by atoms with Gasteiger partial charge in [-0.15, -0.1) is 0 Å². The third-order valence-corrected chi connectivity index (χ3v) is 11.5. The van der Waals surface area contributed by atoms with Gasteiger partial charge in [0.15, 0.2) is 0 Å². The van der Waals surface area contributed by atoms with Gasteiger partial charge in [-0.1, -0.05) is 48.5 Å². The maximum atomic E-state index is 9.57. The largest absolute Gasteiger partial charge is 0.456 e. The first-order chi connectivity index (χ1) is 30.5. The molecule has 0 atom stereocenters. The SMILES string of the molecule is N#Cc1ccc(N(c2ccc(C#N)cc2)c2cc3oc4cc5oc6cc(N(c7ccc(C#N)cc7)c7ccc(C#N)cc7)c7ccccc7c6c5cc4c3c3ccccc23)cc1. The smallest absolute Gasteiger partial charge is 0.139 e. The second kappa shape index (κ2) is 14.2. The number of hydrogen-bond acceptors (Lipinski definition) is 8. The Kier molecular flexibility index (Phi) is 8.19. The van der Waals surface area contributed by atoms with Crippen LogP contribution in [0.15, 0.2) is 179 Å². The number of nitriles is 4. The topological polar surface area (TPSA) is 128 Å². The van der Waals surface area contributed by atoms with E-state index in [-0.39, 0.29) is 0 Å². The summed E-state index contributed by atoms with van der Waals surface area (Å²) in [4.78, 5) is 4.25. The first-order valence-corrected chi connectivity index (χ1v) is 19.8. The van der Waals surface area contributed by atoms with Crippen molar-refractivity contribution in [2.24, 2.45) is 0 Å². The van der Waals surface area contributed by atoms with Gasteiger partial charge in [0.1, 0.15) is 22.3 Å². The number of anilines is 6. The summed E-state index contributed by atoms with van der Waals surface area (Å²) >= 11 is 0. The van der Waals surface area contributed by atoms with Crippen molar-refractivity contribution in [1.29, 1.82) is 21.0 Å². The lowest BCUT2D eigenvalue weighted by molar-refractivity contribution is 0.656. The molecule has 2 aromatic heterocycles. The van der Waals surface area contributed by atoms with Gasteiger partial charge in [-0.3, -0.25) is 0 Å². The summed E-state index contributed by atoms with van der Waals surface area (Å²) in [5.41, 5.74) is 10.1. The predicted octanol–water partition coefficient (Wildman–Crippen LogP) is 14.2. The number of rotatable bonds is 6. The summed E-state index contributed by atoms with van der Waals surface area (Å²) in [5, 5.41) is 46.1. The van der Waals surface area contributed by atoms with Gasteiger partial charge in [0.05, 0.1) is 57.9 Å². The molecule has 0 N–H and O–H groups in total. The van der Waals surface area contributed by atoms with E-state index in [9.17, 15) is 21.0 Å². The minimum Gasteiger partial charge on any atom is -0.456 e. The van der Waals surface area contributed by atoms with Crippen molar-refractivity contribution in [3.8, 4) is 24.3 Å². The maximum Gasteiger partial charge on any atom is 0.139 e. The van der Waals surface area contributed by atoms with Crippen LogP contribution < -0.4 is 9.80 Å². The summed E-state index contributed by atoms with van der Waals surface area (Å²) < 4.78 is 13.6. The molecule has 0 saturated heterocycles. The predicted molar refractivity (Wildman–Crippen MR) is 244 cm³/mol. The van der Waals surface area contributed by atoms with Crippen molar-refractivity contribution in [1.82, 2.24) is 0 Å². The summed E-state index contributed by atoms with van der Waals surface area (Å²) in [6.45, 7) is 0. The van der Waals surface area contributed by atoms with Crippen LogP contribution in [0.4, 0.5) is 34.1 Å². The van der Waals surface area contributed by atoms with Gasteiger partial charge in [-0.2, -0.15) is 21.0 Å². The van der Waals surface area contributed by atoms with Gasteiger partial charge < -0.3 is 18.6 Å². The van der Waals surface area contributed by atoms with E-state index in [0.29, 0.717) is 44.6 Å². The number of furan rings is 2. The Balaban J connectivity index is 1.14. The average molecular weight is 793 g/mol. The first-order valence-electron chi connectivity index (χ1n) is 19.8. The Labute approximate surface area is 354 Å². The van der Waals surface area contributed by atoms with Crippen molar-refractivity contribution in [2.45, 2.75) is 0 Å². The number of fused-ring (bicyclic) bond motifs is 10. The van der Waals surface area contributed by atoms with Crippen LogP contribution in [0.2, 0.25) is 0 Å². The zero-order valence-electron chi connectivity index (χ0n) is 32.7. The Bertz CT molecular complexity index is 3420. The summed E-state index contributed by atoms with van der Waals surface area (Å²) in [7, 11) is 0. The molecule has 8 nitrogen and oxygen atoms in total. The number of hydrogen-bond donors (Lipinski definition) is 0. The van der Waals surface area contributed by atoms with Gasteiger partial charge >= 0.3 is 0 Å². The summed E-state index contributed by atoms with van der Waals surface area (Å²) in [6.07, 6.45) is 0. The number of benzene rings is 9. The second-order valence-electron chi connectivity index (χ2n) is 15.0. The Hall–Kier alpha value is -9.34. The molecule has 62 heavy (non-hydrogen) atoms. The van der Waals surface area contributed by atoms with E-state index in [2.05, 4.69) is 76.5 Å². The monoisotopic (exact) mass is 792 g/mol. The van der Waals surface area contributed by atoms with E-state index in [4.69, 9.17) is 8.83 Å². The van der Waals surface area contributed by atoms with Crippen molar-refractivity contribution in [2.75, 3.05) is 9.80 Å². The van der Waals surface area contributed by atoms with Crippen molar-refractivity contribution >= 4 is 99.5 Å². The highest BCUT2D eigenvalue weighted by molar-refractivity contribution is 6.28. The van der Waals surface area contributed by atoms with E-state index in [1.165, 1.54) is 0 Å². The Morgan fingerprint density at radius 2 is 0.613 bits per heavy atom. The second-order valence-corrected chi connectivity index (χ2v) is 15.0. The molecule has 0 aliphatic rings. The van der Waals surface area contributed by atoms with Crippen LogP contribution in [0.25, 0.3) is 65.4 Å². The van der Waals surface area contributed by atoms with Crippen LogP contribution in [-0.2, 0) is 0 Å². The van der Waals surface area contributed by atoms with E-state index in [1.54, 1.807) is 48.5 Å². The minimum absolute atomic E-state index is 0.557. The average Bonchev–Trinajstić information content (AvgIpc) is 3.88. The molecular weight excluding hydrogens is 765 g/mol. The van der Waals surface area contributed by atoms with Gasteiger partial charge in [-0.25, -0.2) is 0 Å². The molecule has 2 heterocycles. The molecule has 0 aliphatic carbocycles. The normalized spacial score (nSPS) is 11.2. The third-order valence-electron chi connectivity index (χ3n) is 11.5. The molecule has 0 spiro atoms. The molecule has 286 valence electrons. The zero-order valence-corrected chi connectivity index (χ0v) is 32.7. The number of nitrogens with zero attached hydrogens (tertiary/aromatic N) is 6. The van der Waals surface area contributed by atoms with Crippen molar-refractivity contribution in [3.05, 3.63) is 192 Å². The van der Waals surface area contributed by atoms with E-state index < -0.39 is 0 Å². The highest BCUT2D eigenvalue weighted by atomic mass is 16.3. The zero-order chi connectivity index (χ0) is 41.9. The van der Waals surface area contributed by atoms with E-state index in [1.807, 2.05) is 78.9 Å². The van der Waals surface area contributed by atoms with Gasteiger partial charge in [0.25, 0.3) is 0 Å². The van der Waals surface area contributed by atoms with Crippen LogP contribution in [0.3, 0.4) is 0 Å². The molecule has 11 aromatic rings. The summed E-state index contributed by atoms with van der Waals surface area (Å²) in [5.74, 6) is 0. The Morgan fingerprint density at radius 1 is 0.306 bits per heavy atom. The molecule has 0 radical (unpaired) electrons. The van der Waals surface area contributed by atoms with Crippen LogP contribution in [0, 0.1) is 45.3 Å². The molecule has 8 heteroatoms. The highest BCUT2D eigenvalue weighted by Crippen LogP contribution is 2.48. The molecule has 0 amide bonds. The fraction of sp³-hybridized carbons (Fsp3) is 0. The molecule has 9 aromatic carbocycles. The van der Waals surface area contributed by atoms with Gasteiger partial charge in [0, 0.05) is 73.3 Å². The van der Waals surface area contributed by atoms with E-state index >= 15 is 0 Å². The minimum atomic E-state index is 0.557. The maximum absolute atomic E-state index is 9.57.